The van der Waals surface area contributed by atoms with E-state index in [0.717, 1.165) is 17.0 Å². The van der Waals surface area contributed by atoms with Crippen molar-refractivity contribution in [2.75, 3.05) is 51.7 Å². The Morgan fingerprint density at radius 1 is 0.952 bits per heavy atom. The van der Waals surface area contributed by atoms with Crippen LogP contribution in [-0.2, 0) is 16.0 Å². The summed E-state index contributed by atoms with van der Waals surface area (Å²) in [5, 5.41) is 2.95. The van der Waals surface area contributed by atoms with Crippen LogP contribution in [0.2, 0.25) is 0 Å². The third kappa shape index (κ3) is 5.20. The molecule has 0 bridgehead atoms. The number of anilines is 1. The Bertz CT molecular complexity index is 1470. The quantitative estimate of drug-likeness (QED) is 0.444. The lowest BCUT2D eigenvalue weighted by atomic mass is 9.85. The molecule has 0 aliphatic carbocycles. The van der Waals surface area contributed by atoms with Crippen LogP contribution in [0.1, 0.15) is 28.8 Å². The fourth-order valence-electron chi connectivity index (χ4n) is 6.09. The van der Waals surface area contributed by atoms with Gasteiger partial charge in [-0.2, -0.15) is 0 Å². The first kappa shape index (κ1) is 27.4. The Kier molecular flexibility index (Phi) is 7.60. The standard InChI is InChI=1S/C32H34N4O6/c1-40-26-10-6-5-7-23(26)13-16-33-29(37)20-35-21-36(25-8-3-2-4-9-25)32(31(35)39)14-17-34(18-15-32)30(38)24-11-12-27-28(19-24)42-22-41-27/h2-12,19H,13-18,20-22H2,1H3,(H,33,37). The van der Waals surface area contributed by atoms with E-state index in [9.17, 15) is 14.4 Å². The van der Waals surface area contributed by atoms with Gasteiger partial charge in [-0.15, -0.1) is 0 Å². The molecular weight excluding hydrogens is 536 g/mol. The number of likely N-dealkylation sites (tertiary alicyclic amines) is 1. The molecule has 3 aliphatic heterocycles. The van der Waals surface area contributed by atoms with Crippen LogP contribution in [0.15, 0.2) is 72.8 Å². The van der Waals surface area contributed by atoms with Crippen LogP contribution in [0.4, 0.5) is 5.69 Å². The molecule has 6 rings (SSSR count). The molecule has 42 heavy (non-hydrogen) atoms. The van der Waals surface area contributed by atoms with Gasteiger partial charge in [0.25, 0.3) is 11.8 Å². The van der Waals surface area contributed by atoms with Crippen molar-refractivity contribution in [1.82, 2.24) is 15.1 Å². The number of amides is 3. The number of carbonyl (C=O) groups is 3. The fourth-order valence-corrected chi connectivity index (χ4v) is 6.09. The molecule has 10 heteroatoms. The summed E-state index contributed by atoms with van der Waals surface area (Å²) in [6.07, 6.45) is 1.54. The van der Waals surface area contributed by atoms with Crippen molar-refractivity contribution in [2.24, 2.45) is 0 Å². The molecular formula is C32H34N4O6. The van der Waals surface area contributed by atoms with Gasteiger partial charge in [0.1, 0.15) is 17.8 Å². The summed E-state index contributed by atoms with van der Waals surface area (Å²) in [5.74, 6) is 1.58. The first-order valence-electron chi connectivity index (χ1n) is 14.2. The summed E-state index contributed by atoms with van der Waals surface area (Å²) >= 11 is 0. The van der Waals surface area contributed by atoms with Crippen molar-refractivity contribution >= 4 is 23.4 Å². The molecule has 0 aromatic heterocycles. The van der Waals surface area contributed by atoms with Crippen LogP contribution in [0.5, 0.6) is 17.2 Å². The van der Waals surface area contributed by atoms with Gasteiger partial charge in [-0.1, -0.05) is 36.4 Å². The zero-order valence-corrected chi connectivity index (χ0v) is 23.6. The minimum atomic E-state index is -0.829. The molecule has 3 aromatic carbocycles. The number of para-hydroxylation sites is 2. The number of nitrogens with zero attached hydrogens (tertiary/aromatic N) is 3. The Hall–Kier alpha value is -4.73. The van der Waals surface area contributed by atoms with Gasteiger partial charge in [0.05, 0.1) is 13.8 Å². The zero-order valence-electron chi connectivity index (χ0n) is 23.6. The Labute approximate surface area is 244 Å². The largest absolute Gasteiger partial charge is 0.496 e. The lowest BCUT2D eigenvalue weighted by Crippen LogP contribution is -2.57. The highest BCUT2D eigenvalue weighted by Crippen LogP contribution is 2.40. The number of rotatable bonds is 8. The third-order valence-corrected chi connectivity index (χ3v) is 8.32. The minimum absolute atomic E-state index is 0.0321. The normalized spacial score (nSPS) is 17.1. The molecule has 1 N–H and O–H groups in total. The molecule has 3 aliphatic rings. The molecule has 0 radical (unpaired) electrons. The number of methoxy groups -OCH3 is 1. The number of carbonyl (C=O) groups excluding carboxylic acids is 3. The minimum Gasteiger partial charge on any atom is -0.496 e. The van der Waals surface area contributed by atoms with Crippen molar-refractivity contribution in [1.29, 1.82) is 0 Å². The summed E-state index contributed by atoms with van der Waals surface area (Å²) in [6, 6.07) is 22.7. The van der Waals surface area contributed by atoms with Gasteiger partial charge in [-0.25, -0.2) is 0 Å². The average molecular weight is 571 g/mol. The highest BCUT2D eigenvalue weighted by molar-refractivity contribution is 5.98. The van der Waals surface area contributed by atoms with E-state index in [1.54, 1.807) is 35.1 Å². The molecule has 218 valence electrons. The molecule has 10 nitrogen and oxygen atoms in total. The van der Waals surface area contributed by atoms with Gasteiger partial charge in [0, 0.05) is 30.9 Å². The van der Waals surface area contributed by atoms with Crippen LogP contribution >= 0.6 is 0 Å². The maximum absolute atomic E-state index is 14.0. The lowest BCUT2D eigenvalue weighted by Gasteiger charge is -2.43. The fraction of sp³-hybridized carbons (Fsp3) is 0.344. The smallest absolute Gasteiger partial charge is 0.253 e. The molecule has 1 spiro atoms. The first-order valence-corrected chi connectivity index (χ1v) is 14.2. The summed E-state index contributed by atoms with van der Waals surface area (Å²) in [5.41, 5.74) is 1.62. The zero-order chi connectivity index (χ0) is 29.1. The Balaban J connectivity index is 1.13. The van der Waals surface area contributed by atoms with Crippen LogP contribution in [0.25, 0.3) is 0 Å². The van der Waals surface area contributed by atoms with E-state index in [-0.39, 0.29) is 31.1 Å². The van der Waals surface area contributed by atoms with Gasteiger partial charge in [-0.05, 0) is 61.2 Å². The number of benzene rings is 3. The Morgan fingerprint density at radius 2 is 1.69 bits per heavy atom. The SMILES string of the molecule is COc1ccccc1CCNC(=O)CN1CN(c2ccccc2)C2(CCN(C(=O)c3ccc4c(c3)OCO4)CC2)C1=O. The van der Waals surface area contributed by atoms with Crippen molar-refractivity contribution in [3.05, 3.63) is 83.9 Å². The maximum Gasteiger partial charge on any atom is 0.253 e. The highest BCUT2D eigenvalue weighted by Gasteiger charge is 2.54. The molecule has 0 saturated carbocycles. The number of hydrogen-bond acceptors (Lipinski definition) is 7. The van der Waals surface area contributed by atoms with E-state index < -0.39 is 5.54 Å². The highest BCUT2D eigenvalue weighted by atomic mass is 16.7. The number of nitrogens with one attached hydrogen (secondary N) is 1. The van der Waals surface area contributed by atoms with Gasteiger partial charge < -0.3 is 34.2 Å². The summed E-state index contributed by atoms with van der Waals surface area (Å²) in [7, 11) is 1.63. The number of ether oxygens (including phenoxy) is 3. The molecule has 3 amide bonds. The third-order valence-electron chi connectivity index (χ3n) is 8.32. The van der Waals surface area contributed by atoms with Crippen LogP contribution in [-0.4, -0.2) is 79.8 Å². The van der Waals surface area contributed by atoms with Crippen LogP contribution < -0.4 is 24.4 Å². The maximum atomic E-state index is 14.0. The van der Waals surface area contributed by atoms with Crippen molar-refractivity contribution in [3.8, 4) is 17.2 Å². The van der Waals surface area contributed by atoms with Gasteiger partial charge in [0.15, 0.2) is 11.5 Å². The van der Waals surface area contributed by atoms with Crippen LogP contribution in [0.3, 0.4) is 0 Å². The monoisotopic (exact) mass is 570 g/mol. The van der Waals surface area contributed by atoms with E-state index in [1.165, 1.54) is 0 Å². The van der Waals surface area contributed by atoms with Gasteiger partial charge >= 0.3 is 0 Å². The van der Waals surface area contributed by atoms with E-state index in [2.05, 4.69) is 10.2 Å². The van der Waals surface area contributed by atoms with E-state index in [1.807, 2.05) is 54.6 Å². The molecule has 2 saturated heterocycles. The number of hydrogen-bond donors (Lipinski definition) is 1. The molecule has 2 fully saturated rings. The predicted octanol–water partition coefficient (Wildman–Crippen LogP) is 3.06. The van der Waals surface area contributed by atoms with Crippen molar-refractivity contribution in [2.45, 2.75) is 24.8 Å². The first-order chi connectivity index (χ1) is 20.5. The Morgan fingerprint density at radius 3 is 2.48 bits per heavy atom. The molecule has 3 aromatic rings. The van der Waals surface area contributed by atoms with Gasteiger partial charge in [0.2, 0.25) is 12.7 Å². The number of piperidine rings is 1. The number of fused-ring (bicyclic) bond motifs is 1. The second-order valence-corrected chi connectivity index (χ2v) is 10.7. The lowest BCUT2D eigenvalue weighted by molar-refractivity contribution is -0.137. The summed E-state index contributed by atoms with van der Waals surface area (Å²) in [4.78, 5) is 45.8. The second-order valence-electron chi connectivity index (χ2n) is 10.7. The van der Waals surface area contributed by atoms with E-state index in [0.29, 0.717) is 62.6 Å². The van der Waals surface area contributed by atoms with E-state index >= 15 is 0 Å². The van der Waals surface area contributed by atoms with Gasteiger partial charge in [-0.3, -0.25) is 14.4 Å². The second kappa shape index (κ2) is 11.6. The molecule has 0 unspecified atom stereocenters. The average Bonchev–Trinajstić information content (AvgIpc) is 3.60. The van der Waals surface area contributed by atoms with E-state index in [4.69, 9.17) is 14.2 Å². The van der Waals surface area contributed by atoms with Crippen molar-refractivity contribution in [3.63, 3.8) is 0 Å². The predicted molar refractivity (Wildman–Crippen MR) is 156 cm³/mol. The molecule has 0 atom stereocenters. The summed E-state index contributed by atoms with van der Waals surface area (Å²) in [6.45, 7) is 1.69. The summed E-state index contributed by atoms with van der Waals surface area (Å²) < 4.78 is 16.2. The van der Waals surface area contributed by atoms with Crippen molar-refractivity contribution < 1.29 is 28.6 Å². The molecule has 3 heterocycles. The van der Waals surface area contributed by atoms with Crippen LogP contribution in [0, 0.1) is 0 Å². The topological polar surface area (TPSA) is 101 Å².